The summed E-state index contributed by atoms with van der Waals surface area (Å²) in [6.45, 7) is 1.77. The molecule has 0 aliphatic heterocycles. The van der Waals surface area contributed by atoms with Gasteiger partial charge < -0.3 is 10.1 Å². The average molecular weight is 489 g/mol. The van der Waals surface area contributed by atoms with Crippen LogP contribution in [-0.4, -0.2) is 29.6 Å². The minimum absolute atomic E-state index is 0.0376. The number of carbonyl (C=O) groups excluding carboxylic acids is 2. The second kappa shape index (κ2) is 10.6. The van der Waals surface area contributed by atoms with E-state index in [2.05, 4.69) is 15.8 Å². The van der Waals surface area contributed by atoms with E-state index >= 15 is 0 Å². The third kappa shape index (κ3) is 6.06. The number of nitrogens with one attached hydrogen (secondary N) is 2. The summed E-state index contributed by atoms with van der Waals surface area (Å²) in [6, 6.07) is 20.4. The number of hydrogen-bond donors (Lipinski definition) is 2. The molecular weight excluding hydrogens is 468 g/mol. The molecule has 4 aromatic rings. The van der Waals surface area contributed by atoms with E-state index < -0.39 is 10.8 Å². The quantitative estimate of drug-likeness (QED) is 0.207. The summed E-state index contributed by atoms with van der Waals surface area (Å²) < 4.78 is 6.40. The molecule has 0 spiro atoms. The van der Waals surface area contributed by atoms with Crippen LogP contribution in [0.15, 0.2) is 77.9 Å². The molecule has 176 valence electrons. The second-order valence-corrected chi connectivity index (χ2v) is 8.61. The van der Waals surface area contributed by atoms with Crippen LogP contribution in [0.4, 0.5) is 11.4 Å². The van der Waals surface area contributed by atoms with Crippen molar-refractivity contribution < 1.29 is 19.2 Å². The highest BCUT2D eigenvalue weighted by Crippen LogP contribution is 2.29. The van der Waals surface area contributed by atoms with Crippen LogP contribution in [0, 0.1) is 17.0 Å². The first-order valence-electron chi connectivity index (χ1n) is 10.5. The number of amides is 2. The fourth-order valence-corrected chi connectivity index (χ4v) is 4.10. The molecule has 35 heavy (non-hydrogen) atoms. The van der Waals surface area contributed by atoms with Gasteiger partial charge >= 0.3 is 0 Å². The highest BCUT2D eigenvalue weighted by atomic mass is 32.1. The van der Waals surface area contributed by atoms with E-state index in [-0.39, 0.29) is 18.2 Å². The van der Waals surface area contributed by atoms with E-state index in [0.717, 1.165) is 10.3 Å². The number of thiophene rings is 1. The van der Waals surface area contributed by atoms with Crippen LogP contribution in [0.5, 0.6) is 5.75 Å². The Hall–Kier alpha value is -4.57. The highest BCUT2D eigenvalue weighted by molar-refractivity contribution is 7.20. The van der Waals surface area contributed by atoms with E-state index in [1.54, 1.807) is 36.4 Å². The van der Waals surface area contributed by atoms with Gasteiger partial charge in [-0.3, -0.25) is 19.7 Å². The van der Waals surface area contributed by atoms with Gasteiger partial charge in [-0.15, -0.1) is 11.3 Å². The number of non-ortho nitro benzene ring substituents is 1. The number of anilines is 1. The van der Waals surface area contributed by atoms with Gasteiger partial charge in [-0.05, 0) is 43.3 Å². The molecule has 2 N–H and O–H groups in total. The van der Waals surface area contributed by atoms with Crippen LogP contribution in [-0.2, 0) is 4.79 Å². The molecule has 0 unspecified atom stereocenters. The van der Waals surface area contributed by atoms with Crippen molar-refractivity contribution in [1.29, 1.82) is 0 Å². The van der Waals surface area contributed by atoms with Gasteiger partial charge in [-0.2, -0.15) is 5.10 Å². The molecule has 0 aliphatic rings. The smallest absolute Gasteiger partial charge is 0.281 e. The number of aryl methyl sites for hydroxylation is 1. The number of rotatable bonds is 8. The number of nitrogens with zero attached hydrogens (tertiary/aromatic N) is 2. The summed E-state index contributed by atoms with van der Waals surface area (Å²) in [5, 5.41) is 18.3. The Kier molecular flexibility index (Phi) is 7.12. The lowest BCUT2D eigenvalue weighted by Gasteiger charge is -2.09. The number of fused-ring (bicyclic) bond motifs is 1. The monoisotopic (exact) mass is 488 g/mol. The van der Waals surface area contributed by atoms with E-state index in [1.165, 1.54) is 29.7 Å². The molecule has 1 aromatic heterocycles. The zero-order valence-corrected chi connectivity index (χ0v) is 19.4. The minimum Gasteiger partial charge on any atom is -0.483 e. The Morgan fingerprint density at radius 3 is 2.63 bits per heavy atom. The molecule has 0 radical (unpaired) electrons. The first-order chi connectivity index (χ1) is 16.9. The van der Waals surface area contributed by atoms with Crippen LogP contribution in [0.25, 0.3) is 10.1 Å². The Morgan fingerprint density at radius 2 is 1.86 bits per heavy atom. The average Bonchev–Trinajstić information content (AvgIpc) is 3.28. The number of hydrazone groups is 1. The van der Waals surface area contributed by atoms with E-state index in [1.807, 2.05) is 31.2 Å². The van der Waals surface area contributed by atoms with Crippen molar-refractivity contribution in [3.63, 3.8) is 0 Å². The largest absolute Gasteiger partial charge is 0.483 e. The van der Waals surface area contributed by atoms with Crippen LogP contribution in [0.2, 0.25) is 0 Å². The maximum atomic E-state index is 12.5. The maximum Gasteiger partial charge on any atom is 0.281 e. The van der Waals surface area contributed by atoms with Crippen molar-refractivity contribution in [3.05, 3.63) is 98.9 Å². The summed E-state index contributed by atoms with van der Waals surface area (Å²) in [6.07, 6.45) is 1.42. The van der Waals surface area contributed by atoms with Gasteiger partial charge in [0.1, 0.15) is 5.75 Å². The molecule has 0 saturated heterocycles. The molecule has 0 aliphatic carbocycles. The number of ether oxygens (including phenoxy) is 1. The summed E-state index contributed by atoms with van der Waals surface area (Å²) in [4.78, 5) is 35.5. The third-order valence-corrected chi connectivity index (χ3v) is 6.03. The minimum atomic E-state index is -0.479. The predicted octanol–water partition coefficient (Wildman–Crippen LogP) is 4.90. The molecule has 9 nitrogen and oxygen atoms in total. The van der Waals surface area contributed by atoms with Crippen molar-refractivity contribution in [1.82, 2.24) is 5.43 Å². The molecule has 10 heteroatoms. The van der Waals surface area contributed by atoms with Gasteiger partial charge in [-0.25, -0.2) is 5.43 Å². The molecule has 0 bridgehead atoms. The van der Waals surface area contributed by atoms with Crippen LogP contribution >= 0.6 is 11.3 Å². The molecule has 0 atom stereocenters. The number of hydrogen-bond acceptors (Lipinski definition) is 7. The number of nitro benzene ring substituents is 1. The predicted molar refractivity (Wildman–Crippen MR) is 135 cm³/mol. The number of para-hydroxylation sites is 1. The molecule has 1 heterocycles. The molecular formula is C25H20N4O5S. The van der Waals surface area contributed by atoms with Crippen molar-refractivity contribution in [2.45, 2.75) is 6.92 Å². The SMILES string of the molecule is Cc1ccc(NC(=O)COc2ccccc2/C=N\NC(=O)c2cc3cc([N+](=O)[O-])ccc3s2)cc1. The summed E-state index contributed by atoms with van der Waals surface area (Å²) in [5.74, 6) is -0.321. The van der Waals surface area contributed by atoms with Crippen LogP contribution in [0.1, 0.15) is 20.8 Å². The highest BCUT2D eigenvalue weighted by Gasteiger charge is 2.13. The van der Waals surface area contributed by atoms with E-state index in [9.17, 15) is 19.7 Å². The van der Waals surface area contributed by atoms with Crippen molar-refractivity contribution in [2.75, 3.05) is 11.9 Å². The standard InChI is InChI=1S/C25H20N4O5S/c1-16-6-8-19(9-7-16)27-24(30)15-34-21-5-3-2-4-17(21)14-26-28-25(31)23-13-18-12-20(29(32)33)10-11-22(18)35-23/h2-14H,15H2,1H3,(H,27,30)(H,28,31)/b26-14-. The fourth-order valence-electron chi connectivity index (χ4n) is 3.17. The van der Waals surface area contributed by atoms with Crippen molar-refractivity contribution in [3.8, 4) is 5.75 Å². The van der Waals surface area contributed by atoms with Crippen molar-refractivity contribution >= 4 is 50.8 Å². The summed E-state index contributed by atoms with van der Waals surface area (Å²) >= 11 is 1.21. The van der Waals surface area contributed by atoms with Crippen LogP contribution in [0.3, 0.4) is 0 Å². The lowest BCUT2D eigenvalue weighted by molar-refractivity contribution is -0.384. The van der Waals surface area contributed by atoms with Gasteiger partial charge in [0.05, 0.1) is 16.0 Å². The first-order valence-corrected chi connectivity index (χ1v) is 11.3. The molecule has 0 saturated carbocycles. The zero-order chi connectivity index (χ0) is 24.8. The number of nitro groups is 1. The Morgan fingerprint density at radius 1 is 1.09 bits per heavy atom. The Balaban J connectivity index is 1.36. The molecule has 0 fully saturated rings. The second-order valence-electron chi connectivity index (χ2n) is 7.53. The number of benzene rings is 3. The van der Waals surface area contributed by atoms with Gasteiger partial charge in [0.2, 0.25) is 0 Å². The van der Waals surface area contributed by atoms with Crippen molar-refractivity contribution in [2.24, 2.45) is 5.10 Å². The molecule has 4 rings (SSSR count). The molecule has 3 aromatic carbocycles. The first kappa shape index (κ1) is 23.6. The zero-order valence-electron chi connectivity index (χ0n) is 18.6. The lowest BCUT2D eigenvalue weighted by atomic mass is 10.2. The van der Waals surface area contributed by atoms with E-state index in [4.69, 9.17) is 4.74 Å². The topological polar surface area (TPSA) is 123 Å². The number of carbonyl (C=O) groups is 2. The third-order valence-electron chi connectivity index (χ3n) is 4.92. The summed E-state index contributed by atoms with van der Waals surface area (Å²) in [7, 11) is 0. The lowest BCUT2D eigenvalue weighted by Crippen LogP contribution is -2.20. The van der Waals surface area contributed by atoms with Gasteiger partial charge in [0.15, 0.2) is 6.61 Å². The Bertz CT molecular complexity index is 1430. The Labute approximate surface area is 204 Å². The maximum absolute atomic E-state index is 12.5. The van der Waals surface area contributed by atoms with Crippen LogP contribution < -0.4 is 15.5 Å². The van der Waals surface area contributed by atoms with Gasteiger partial charge in [0.25, 0.3) is 17.5 Å². The van der Waals surface area contributed by atoms with Gasteiger partial charge in [-0.1, -0.05) is 29.8 Å². The van der Waals surface area contributed by atoms with Gasteiger partial charge in [0, 0.05) is 33.5 Å². The fraction of sp³-hybridized carbons (Fsp3) is 0.0800. The normalized spacial score (nSPS) is 10.9. The summed E-state index contributed by atoms with van der Waals surface area (Å²) in [5.41, 5.74) is 4.75. The van der Waals surface area contributed by atoms with E-state index in [0.29, 0.717) is 27.3 Å². The molecule has 2 amide bonds.